The lowest BCUT2D eigenvalue weighted by molar-refractivity contribution is -0.144. The minimum atomic E-state index is -1.48. The van der Waals surface area contributed by atoms with Gasteiger partial charge in [-0.2, -0.15) is 0 Å². The fourth-order valence-corrected chi connectivity index (χ4v) is 1.35. The van der Waals surface area contributed by atoms with Crippen molar-refractivity contribution in [2.75, 3.05) is 0 Å². The predicted molar refractivity (Wildman–Crippen MR) is 53.2 cm³/mol. The first-order chi connectivity index (χ1) is 7.38. The monoisotopic (exact) mass is 233 g/mol. The Balaban J connectivity index is 4.50. The van der Waals surface area contributed by atoms with Gasteiger partial charge >= 0.3 is 18.0 Å². The van der Waals surface area contributed by atoms with E-state index in [2.05, 4.69) is 0 Å². The zero-order chi connectivity index (χ0) is 12.7. The zero-order valence-corrected chi connectivity index (χ0v) is 8.84. The maximum atomic E-state index is 10.8. The molecule has 0 aromatic carbocycles. The van der Waals surface area contributed by atoms with Crippen molar-refractivity contribution < 1.29 is 29.7 Å². The first-order valence-corrected chi connectivity index (χ1v) is 4.83. The molecule has 0 saturated carbocycles. The summed E-state index contributed by atoms with van der Waals surface area (Å²) in [5.41, 5.74) is 0. The molecule has 7 nitrogen and oxygen atoms in total. The Morgan fingerprint density at radius 2 is 1.69 bits per heavy atom. The Hall–Kier alpha value is -1.79. The van der Waals surface area contributed by atoms with Crippen LogP contribution in [0.25, 0.3) is 0 Å². The normalized spacial score (nSPS) is 13.8. The van der Waals surface area contributed by atoms with Crippen molar-refractivity contribution in [3.05, 3.63) is 0 Å². The lowest BCUT2D eigenvalue weighted by Gasteiger charge is -2.17. The average molecular weight is 233 g/mol. The number of carbonyl (C=O) groups is 3. The molecule has 4 N–H and O–H groups in total. The molecule has 0 rings (SSSR count). The summed E-state index contributed by atoms with van der Waals surface area (Å²) in [6.45, 7) is 1.77. The molecule has 0 aliphatic rings. The van der Waals surface area contributed by atoms with E-state index in [4.69, 9.17) is 15.3 Å². The van der Waals surface area contributed by atoms with E-state index in [1.54, 1.807) is 12.2 Å². The summed E-state index contributed by atoms with van der Waals surface area (Å²) >= 11 is 0. The van der Waals surface area contributed by atoms with E-state index in [1.165, 1.54) is 0 Å². The van der Waals surface area contributed by atoms with Gasteiger partial charge in [0.05, 0.1) is 5.92 Å². The van der Waals surface area contributed by atoms with Gasteiger partial charge in [-0.25, -0.2) is 9.59 Å². The predicted octanol–water partition coefficient (Wildman–Crippen LogP) is 0.598. The van der Waals surface area contributed by atoms with E-state index in [1.807, 2.05) is 0 Å². The molecule has 0 radical (unpaired) electrons. The van der Waals surface area contributed by atoms with Crippen molar-refractivity contribution in [3.63, 3.8) is 0 Å². The molecule has 7 heteroatoms. The Bertz CT molecular complexity index is 277. The molecule has 0 spiro atoms. The summed E-state index contributed by atoms with van der Waals surface area (Å²) < 4.78 is 0. The van der Waals surface area contributed by atoms with Crippen molar-refractivity contribution in [1.82, 2.24) is 5.32 Å². The molecule has 0 saturated heterocycles. The number of nitrogens with one attached hydrogen (secondary N) is 1. The molecule has 0 aromatic rings. The van der Waals surface area contributed by atoms with Gasteiger partial charge in [0.1, 0.15) is 6.04 Å². The SMILES string of the molecule is CCCC(C[C@@H](NC(=O)O)C(=O)O)C(=O)O. The number of carboxylic acid groups (broad SMARTS) is 3. The highest BCUT2D eigenvalue weighted by Crippen LogP contribution is 2.14. The van der Waals surface area contributed by atoms with Crippen LogP contribution in [0.15, 0.2) is 0 Å². The quantitative estimate of drug-likeness (QED) is 0.510. The molecule has 1 amide bonds. The van der Waals surface area contributed by atoms with Gasteiger partial charge in [-0.1, -0.05) is 13.3 Å². The van der Waals surface area contributed by atoms with Crippen LogP contribution in [0.4, 0.5) is 4.79 Å². The standard InChI is InChI=1S/C9H15NO6/c1-2-3-5(7(11)12)4-6(8(13)14)10-9(15)16/h5-6,10H,2-4H2,1H3,(H,11,12)(H,13,14)(H,15,16)/t5?,6-/m1/s1. The average Bonchev–Trinajstić information content (AvgIpc) is 2.14. The van der Waals surface area contributed by atoms with Crippen molar-refractivity contribution in [2.45, 2.75) is 32.2 Å². The van der Waals surface area contributed by atoms with Crippen molar-refractivity contribution in [2.24, 2.45) is 5.92 Å². The Labute approximate surface area is 92.1 Å². The van der Waals surface area contributed by atoms with Crippen molar-refractivity contribution in [3.8, 4) is 0 Å². The van der Waals surface area contributed by atoms with Gasteiger partial charge in [-0.3, -0.25) is 4.79 Å². The summed E-state index contributed by atoms with van der Waals surface area (Å²) in [6.07, 6.45) is -0.810. The van der Waals surface area contributed by atoms with Gasteiger partial charge in [0, 0.05) is 0 Å². The van der Waals surface area contributed by atoms with E-state index in [-0.39, 0.29) is 6.42 Å². The fraction of sp³-hybridized carbons (Fsp3) is 0.667. The van der Waals surface area contributed by atoms with E-state index < -0.39 is 30.0 Å². The lowest BCUT2D eigenvalue weighted by Crippen LogP contribution is -2.42. The molecule has 0 aliphatic heterocycles. The number of carboxylic acids is 2. The minimum absolute atomic E-state index is 0.245. The van der Waals surface area contributed by atoms with Gasteiger partial charge in [0.25, 0.3) is 0 Å². The topological polar surface area (TPSA) is 124 Å². The van der Waals surface area contributed by atoms with Crippen LogP contribution in [-0.4, -0.2) is 39.4 Å². The molecule has 1 unspecified atom stereocenters. The van der Waals surface area contributed by atoms with Crippen LogP contribution in [0.1, 0.15) is 26.2 Å². The first-order valence-electron chi connectivity index (χ1n) is 4.83. The number of aliphatic carboxylic acids is 2. The van der Waals surface area contributed by atoms with Crippen LogP contribution in [0.2, 0.25) is 0 Å². The highest BCUT2D eigenvalue weighted by atomic mass is 16.4. The van der Waals surface area contributed by atoms with Crippen LogP contribution in [0.5, 0.6) is 0 Å². The number of amides is 1. The number of hydrogen-bond donors (Lipinski definition) is 4. The lowest BCUT2D eigenvalue weighted by atomic mass is 9.95. The van der Waals surface area contributed by atoms with Crippen molar-refractivity contribution in [1.29, 1.82) is 0 Å². The smallest absolute Gasteiger partial charge is 0.405 e. The Morgan fingerprint density at radius 3 is 2.00 bits per heavy atom. The first kappa shape index (κ1) is 14.2. The Kier molecular flexibility index (Phi) is 5.91. The fourth-order valence-electron chi connectivity index (χ4n) is 1.35. The van der Waals surface area contributed by atoms with Crippen molar-refractivity contribution >= 4 is 18.0 Å². The molecular formula is C9H15NO6. The molecular weight excluding hydrogens is 218 g/mol. The molecule has 0 fully saturated rings. The second-order valence-corrected chi connectivity index (χ2v) is 3.40. The summed E-state index contributed by atoms with van der Waals surface area (Å²) in [7, 11) is 0. The van der Waals surface area contributed by atoms with E-state index in [0.29, 0.717) is 12.8 Å². The van der Waals surface area contributed by atoms with Crippen LogP contribution in [0, 0.1) is 5.92 Å². The minimum Gasteiger partial charge on any atom is -0.481 e. The summed E-state index contributed by atoms with van der Waals surface area (Å²) in [5, 5.41) is 27.7. The molecule has 0 heterocycles. The number of hydrogen-bond acceptors (Lipinski definition) is 3. The highest BCUT2D eigenvalue weighted by molar-refractivity contribution is 5.80. The third-order valence-corrected chi connectivity index (χ3v) is 2.10. The highest BCUT2D eigenvalue weighted by Gasteiger charge is 2.27. The second-order valence-electron chi connectivity index (χ2n) is 3.40. The molecule has 0 aromatic heterocycles. The van der Waals surface area contributed by atoms with E-state index in [9.17, 15) is 14.4 Å². The number of rotatable bonds is 7. The van der Waals surface area contributed by atoms with Crippen LogP contribution in [-0.2, 0) is 9.59 Å². The molecule has 0 bridgehead atoms. The maximum absolute atomic E-state index is 10.8. The van der Waals surface area contributed by atoms with Gasteiger partial charge < -0.3 is 20.6 Å². The Morgan fingerprint density at radius 1 is 1.12 bits per heavy atom. The molecule has 2 atom stereocenters. The van der Waals surface area contributed by atoms with Gasteiger partial charge in [0.2, 0.25) is 0 Å². The third kappa shape index (κ3) is 5.18. The third-order valence-electron chi connectivity index (χ3n) is 2.10. The molecule has 0 aliphatic carbocycles. The second kappa shape index (κ2) is 6.65. The zero-order valence-electron chi connectivity index (χ0n) is 8.84. The van der Waals surface area contributed by atoms with Crippen LogP contribution < -0.4 is 5.32 Å². The largest absolute Gasteiger partial charge is 0.481 e. The van der Waals surface area contributed by atoms with Gasteiger partial charge in [0.15, 0.2) is 0 Å². The summed E-state index contributed by atoms with van der Waals surface area (Å²) in [4.78, 5) is 31.7. The maximum Gasteiger partial charge on any atom is 0.405 e. The summed E-state index contributed by atoms with van der Waals surface area (Å²) in [6, 6.07) is -1.38. The van der Waals surface area contributed by atoms with Crippen LogP contribution in [0.3, 0.4) is 0 Å². The molecule has 16 heavy (non-hydrogen) atoms. The van der Waals surface area contributed by atoms with Crippen LogP contribution >= 0.6 is 0 Å². The van der Waals surface area contributed by atoms with Gasteiger partial charge in [-0.05, 0) is 12.8 Å². The molecule has 92 valence electrons. The van der Waals surface area contributed by atoms with E-state index in [0.717, 1.165) is 0 Å². The van der Waals surface area contributed by atoms with E-state index >= 15 is 0 Å². The van der Waals surface area contributed by atoms with Gasteiger partial charge in [-0.15, -0.1) is 0 Å². The summed E-state index contributed by atoms with van der Waals surface area (Å²) in [5.74, 6) is -3.33.